The molecule has 3 aliphatic heterocycles. The highest BCUT2D eigenvalue weighted by molar-refractivity contribution is 5.99. The first kappa shape index (κ1) is 22.7. The molecule has 1 aromatic rings. The van der Waals surface area contributed by atoms with Crippen LogP contribution < -0.4 is 10.6 Å². The molecule has 1 aromatic carbocycles. The van der Waals surface area contributed by atoms with Crippen molar-refractivity contribution in [2.75, 3.05) is 20.2 Å². The number of carbonyl (C=O) groups is 3. The Bertz CT molecular complexity index is 878. The van der Waals surface area contributed by atoms with Gasteiger partial charge < -0.3 is 25.4 Å². The number of nitrogens with zero attached hydrogens (tertiary/aromatic N) is 1. The molecule has 0 aromatic heterocycles. The standard InChI is InChI=1S/C24H33N3O5/c1-23-11-12-24(32-23)18(17(23)20(29)25-2)22(31)27(13-7-4-8-14-28)19(24)21(30)26-15-16-9-5-3-6-10-16/h3,5-6,9-10,17-19,28H,4,7-8,11-15H2,1-2H3,(H,25,29)(H,26,30)/t17-,18+,19?,23+,24?/m1/s1. The zero-order valence-corrected chi connectivity index (χ0v) is 18.8. The number of unbranched alkanes of at least 4 members (excludes halogenated alkanes) is 2. The first-order valence-corrected chi connectivity index (χ1v) is 11.5. The van der Waals surface area contributed by atoms with Crippen LogP contribution >= 0.6 is 0 Å². The second kappa shape index (κ2) is 8.83. The topological polar surface area (TPSA) is 108 Å². The number of ether oxygens (including phenoxy) is 1. The Balaban J connectivity index is 1.62. The summed E-state index contributed by atoms with van der Waals surface area (Å²) in [7, 11) is 1.57. The third-order valence-corrected chi connectivity index (χ3v) is 7.42. The van der Waals surface area contributed by atoms with E-state index in [1.165, 1.54) is 0 Å². The van der Waals surface area contributed by atoms with Crippen LogP contribution in [0.25, 0.3) is 0 Å². The second-order valence-corrected chi connectivity index (χ2v) is 9.36. The van der Waals surface area contributed by atoms with Crippen LogP contribution in [-0.2, 0) is 25.7 Å². The number of aliphatic hydroxyl groups excluding tert-OH is 1. The molecule has 8 heteroatoms. The summed E-state index contributed by atoms with van der Waals surface area (Å²) in [5, 5.41) is 14.8. The van der Waals surface area contributed by atoms with Crippen molar-refractivity contribution < 1.29 is 24.2 Å². The van der Waals surface area contributed by atoms with Gasteiger partial charge in [0.05, 0.1) is 17.4 Å². The molecule has 5 atom stereocenters. The third kappa shape index (κ3) is 3.59. The molecular formula is C24H33N3O5. The molecule has 32 heavy (non-hydrogen) atoms. The van der Waals surface area contributed by atoms with E-state index < -0.39 is 29.1 Å². The monoisotopic (exact) mass is 443 g/mol. The highest BCUT2D eigenvalue weighted by atomic mass is 16.5. The fourth-order valence-corrected chi connectivity index (χ4v) is 5.98. The zero-order chi connectivity index (χ0) is 22.9. The van der Waals surface area contributed by atoms with Crippen molar-refractivity contribution in [2.24, 2.45) is 11.8 Å². The van der Waals surface area contributed by atoms with Crippen molar-refractivity contribution in [3.63, 3.8) is 0 Å². The molecule has 2 unspecified atom stereocenters. The molecule has 0 saturated carbocycles. The molecule has 0 radical (unpaired) electrons. The Morgan fingerprint density at radius 3 is 2.59 bits per heavy atom. The molecule has 0 aliphatic carbocycles. The maximum absolute atomic E-state index is 13.6. The molecule has 3 fully saturated rings. The van der Waals surface area contributed by atoms with Crippen LogP contribution in [0.15, 0.2) is 30.3 Å². The van der Waals surface area contributed by atoms with E-state index in [-0.39, 0.29) is 24.3 Å². The van der Waals surface area contributed by atoms with Crippen molar-refractivity contribution in [1.82, 2.24) is 15.5 Å². The number of fused-ring (bicyclic) bond motifs is 1. The van der Waals surface area contributed by atoms with Crippen LogP contribution in [0.3, 0.4) is 0 Å². The van der Waals surface area contributed by atoms with Crippen LogP contribution in [-0.4, -0.2) is 65.2 Å². The van der Waals surface area contributed by atoms with Gasteiger partial charge in [0.2, 0.25) is 17.7 Å². The summed E-state index contributed by atoms with van der Waals surface area (Å²) in [4.78, 5) is 41.6. The zero-order valence-electron chi connectivity index (χ0n) is 18.8. The maximum Gasteiger partial charge on any atom is 0.246 e. The highest BCUT2D eigenvalue weighted by Gasteiger charge is 2.77. The van der Waals surface area contributed by atoms with E-state index in [4.69, 9.17) is 9.84 Å². The largest absolute Gasteiger partial charge is 0.396 e. The Hall–Kier alpha value is -2.45. The van der Waals surface area contributed by atoms with Gasteiger partial charge in [-0.3, -0.25) is 14.4 Å². The van der Waals surface area contributed by atoms with Gasteiger partial charge in [0.15, 0.2) is 0 Å². The van der Waals surface area contributed by atoms with Gasteiger partial charge in [-0.25, -0.2) is 0 Å². The Morgan fingerprint density at radius 2 is 1.91 bits per heavy atom. The number of rotatable bonds is 9. The smallest absolute Gasteiger partial charge is 0.246 e. The average Bonchev–Trinajstić information content (AvgIpc) is 3.36. The Morgan fingerprint density at radius 1 is 1.16 bits per heavy atom. The highest BCUT2D eigenvalue weighted by Crippen LogP contribution is 2.63. The van der Waals surface area contributed by atoms with E-state index in [1.807, 2.05) is 37.3 Å². The number of aliphatic hydroxyl groups is 1. The summed E-state index contributed by atoms with van der Waals surface area (Å²) in [5.74, 6) is -1.90. The number of amides is 3. The molecule has 8 nitrogen and oxygen atoms in total. The van der Waals surface area contributed by atoms with E-state index in [2.05, 4.69) is 10.6 Å². The fraction of sp³-hybridized carbons (Fsp3) is 0.625. The lowest BCUT2D eigenvalue weighted by Crippen LogP contribution is -2.55. The number of likely N-dealkylation sites (tertiary alicyclic amines) is 1. The number of hydrogen-bond acceptors (Lipinski definition) is 5. The molecule has 3 amide bonds. The lowest BCUT2D eigenvalue weighted by atomic mass is 9.66. The summed E-state index contributed by atoms with van der Waals surface area (Å²) >= 11 is 0. The van der Waals surface area contributed by atoms with Crippen molar-refractivity contribution in [3.8, 4) is 0 Å². The van der Waals surface area contributed by atoms with Gasteiger partial charge >= 0.3 is 0 Å². The number of carbonyl (C=O) groups excluding carboxylic acids is 3. The van der Waals surface area contributed by atoms with Crippen molar-refractivity contribution in [3.05, 3.63) is 35.9 Å². The Labute approximate surface area is 188 Å². The lowest BCUT2D eigenvalue weighted by molar-refractivity contribution is -0.146. The second-order valence-electron chi connectivity index (χ2n) is 9.36. The van der Waals surface area contributed by atoms with E-state index in [0.717, 1.165) is 12.0 Å². The summed E-state index contributed by atoms with van der Waals surface area (Å²) < 4.78 is 6.50. The molecular weight excluding hydrogens is 410 g/mol. The minimum Gasteiger partial charge on any atom is -0.396 e. The normalized spacial score (nSPS) is 32.8. The minimum atomic E-state index is -0.985. The molecule has 3 heterocycles. The summed E-state index contributed by atoms with van der Waals surface area (Å²) in [6.45, 7) is 2.75. The van der Waals surface area contributed by atoms with Gasteiger partial charge in [-0.15, -0.1) is 0 Å². The van der Waals surface area contributed by atoms with Gasteiger partial charge in [0.25, 0.3) is 0 Å². The van der Waals surface area contributed by atoms with Gasteiger partial charge in [0.1, 0.15) is 11.6 Å². The van der Waals surface area contributed by atoms with Crippen LogP contribution in [0.5, 0.6) is 0 Å². The molecule has 4 rings (SSSR count). The lowest BCUT2D eigenvalue weighted by Gasteiger charge is -2.33. The molecule has 3 aliphatic rings. The quantitative estimate of drug-likeness (QED) is 0.493. The van der Waals surface area contributed by atoms with E-state index >= 15 is 0 Å². The predicted octanol–water partition coefficient (Wildman–Crippen LogP) is 0.976. The molecule has 174 valence electrons. The molecule has 3 N–H and O–H groups in total. The first-order chi connectivity index (χ1) is 15.4. The van der Waals surface area contributed by atoms with Gasteiger partial charge in [-0.1, -0.05) is 30.3 Å². The van der Waals surface area contributed by atoms with Gasteiger partial charge in [0, 0.05) is 26.7 Å². The first-order valence-electron chi connectivity index (χ1n) is 11.5. The van der Waals surface area contributed by atoms with E-state index in [1.54, 1.807) is 11.9 Å². The minimum absolute atomic E-state index is 0.0989. The average molecular weight is 444 g/mol. The summed E-state index contributed by atoms with van der Waals surface area (Å²) in [5.41, 5.74) is -0.761. The maximum atomic E-state index is 13.6. The number of nitrogens with one attached hydrogen (secondary N) is 2. The van der Waals surface area contributed by atoms with Crippen LogP contribution in [0, 0.1) is 11.8 Å². The SMILES string of the molecule is CNC(=O)[C@H]1[C@H]2C(=O)N(CCCCCO)C(C(=O)NCc3ccccc3)C23CC[C@]1(C)O3. The number of benzene rings is 1. The van der Waals surface area contributed by atoms with E-state index in [9.17, 15) is 14.4 Å². The number of hydrogen-bond donors (Lipinski definition) is 3. The Kier molecular flexibility index (Phi) is 6.27. The van der Waals surface area contributed by atoms with Gasteiger partial charge in [-0.05, 0) is 44.6 Å². The van der Waals surface area contributed by atoms with Crippen LogP contribution in [0.2, 0.25) is 0 Å². The summed E-state index contributed by atoms with van der Waals surface area (Å²) in [6.07, 6.45) is 3.30. The summed E-state index contributed by atoms with van der Waals surface area (Å²) in [6, 6.07) is 8.86. The predicted molar refractivity (Wildman–Crippen MR) is 117 cm³/mol. The third-order valence-electron chi connectivity index (χ3n) is 7.42. The van der Waals surface area contributed by atoms with Gasteiger partial charge in [-0.2, -0.15) is 0 Å². The van der Waals surface area contributed by atoms with E-state index in [0.29, 0.717) is 38.8 Å². The molecule has 1 spiro atoms. The molecule has 2 bridgehead atoms. The fourth-order valence-electron chi connectivity index (χ4n) is 5.98. The van der Waals surface area contributed by atoms with Crippen molar-refractivity contribution in [2.45, 2.75) is 62.8 Å². The van der Waals surface area contributed by atoms with Crippen molar-refractivity contribution >= 4 is 17.7 Å². The van der Waals surface area contributed by atoms with Crippen LogP contribution in [0.1, 0.15) is 44.6 Å². The van der Waals surface area contributed by atoms with Crippen molar-refractivity contribution in [1.29, 1.82) is 0 Å². The van der Waals surface area contributed by atoms with Crippen LogP contribution in [0.4, 0.5) is 0 Å². The molecule has 3 saturated heterocycles.